The minimum Gasteiger partial charge on any atom is -0.475 e. The molecule has 0 spiro atoms. The number of benzene rings is 1. The molecular formula is C17H18N2O3. The van der Waals surface area contributed by atoms with Crippen LogP contribution in [0.25, 0.3) is 11.0 Å². The van der Waals surface area contributed by atoms with Gasteiger partial charge >= 0.3 is 5.97 Å². The molecule has 5 heteroatoms. The van der Waals surface area contributed by atoms with Gasteiger partial charge in [-0.2, -0.15) is 0 Å². The van der Waals surface area contributed by atoms with E-state index in [9.17, 15) is 4.79 Å². The molecule has 5 nitrogen and oxygen atoms in total. The number of imidazole rings is 1. The first kappa shape index (κ1) is 14.4. The van der Waals surface area contributed by atoms with Gasteiger partial charge in [-0.1, -0.05) is 26.0 Å². The number of rotatable bonds is 5. The van der Waals surface area contributed by atoms with Gasteiger partial charge in [0.1, 0.15) is 11.6 Å². The summed E-state index contributed by atoms with van der Waals surface area (Å²) in [6.07, 6.45) is 0.862. The highest BCUT2D eigenvalue weighted by Crippen LogP contribution is 2.21. The second-order valence-electron chi connectivity index (χ2n) is 5.77. The van der Waals surface area contributed by atoms with Gasteiger partial charge in [-0.25, -0.2) is 9.78 Å². The number of aromatic carboxylic acids is 1. The normalized spacial score (nSPS) is 11.4. The lowest BCUT2D eigenvalue weighted by molar-refractivity contribution is 0.0660. The van der Waals surface area contributed by atoms with Crippen LogP contribution in [0.3, 0.4) is 0 Å². The summed E-state index contributed by atoms with van der Waals surface area (Å²) in [5.74, 6) is 1.01. The summed E-state index contributed by atoms with van der Waals surface area (Å²) in [7, 11) is 0. The maximum Gasteiger partial charge on any atom is 0.371 e. The summed E-state index contributed by atoms with van der Waals surface area (Å²) in [4.78, 5) is 15.6. The van der Waals surface area contributed by atoms with E-state index in [1.807, 2.05) is 24.3 Å². The smallest absolute Gasteiger partial charge is 0.371 e. The van der Waals surface area contributed by atoms with Crippen LogP contribution in [0.15, 0.2) is 40.8 Å². The lowest BCUT2D eigenvalue weighted by Crippen LogP contribution is -2.07. The van der Waals surface area contributed by atoms with Crippen LogP contribution in [0.2, 0.25) is 0 Å². The Morgan fingerprint density at radius 3 is 2.73 bits per heavy atom. The summed E-state index contributed by atoms with van der Waals surface area (Å²) in [6, 6.07) is 11.1. The molecule has 114 valence electrons. The van der Waals surface area contributed by atoms with Crippen molar-refractivity contribution in [2.75, 3.05) is 0 Å². The summed E-state index contributed by atoms with van der Waals surface area (Å²) in [5.41, 5.74) is 1.98. The van der Waals surface area contributed by atoms with E-state index in [2.05, 4.69) is 18.4 Å². The van der Waals surface area contributed by atoms with Gasteiger partial charge in [0.05, 0.1) is 17.6 Å². The maximum absolute atomic E-state index is 10.9. The average Bonchev–Trinajstić information content (AvgIpc) is 3.05. The van der Waals surface area contributed by atoms with Gasteiger partial charge in [0.15, 0.2) is 0 Å². The molecule has 0 aliphatic rings. The average molecular weight is 298 g/mol. The van der Waals surface area contributed by atoms with Crippen molar-refractivity contribution in [3.05, 3.63) is 53.7 Å². The molecule has 1 aromatic carbocycles. The first-order chi connectivity index (χ1) is 10.5. The van der Waals surface area contributed by atoms with Crippen LogP contribution < -0.4 is 0 Å². The van der Waals surface area contributed by atoms with E-state index >= 15 is 0 Å². The Morgan fingerprint density at radius 1 is 1.27 bits per heavy atom. The van der Waals surface area contributed by atoms with Crippen LogP contribution in [0.1, 0.15) is 36.0 Å². The van der Waals surface area contributed by atoms with Crippen molar-refractivity contribution in [1.82, 2.24) is 9.55 Å². The summed E-state index contributed by atoms with van der Waals surface area (Å²) < 4.78 is 7.48. The number of carboxylic acid groups (broad SMARTS) is 1. The van der Waals surface area contributed by atoms with Crippen LogP contribution in [-0.4, -0.2) is 20.6 Å². The predicted octanol–water partition coefficient (Wildman–Crippen LogP) is 3.57. The van der Waals surface area contributed by atoms with Gasteiger partial charge in [0.25, 0.3) is 0 Å². The number of para-hydroxylation sites is 2. The molecule has 0 aliphatic heterocycles. The topological polar surface area (TPSA) is 68.3 Å². The second-order valence-corrected chi connectivity index (χ2v) is 5.77. The lowest BCUT2D eigenvalue weighted by Gasteiger charge is -2.09. The second kappa shape index (κ2) is 5.67. The first-order valence-electron chi connectivity index (χ1n) is 7.30. The first-order valence-corrected chi connectivity index (χ1v) is 7.30. The van der Waals surface area contributed by atoms with E-state index in [-0.39, 0.29) is 5.76 Å². The summed E-state index contributed by atoms with van der Waals surface area (Å²) >= 11 is 0. The molecule has 0 aliphatic carbocycles. The van der Waals surface area contributed by atoms with E-state index in [4.69, 9.17) is 14.5 Å². The molecular weight excluding hydrogens is 280 g/mol. The van der Waals surface area contributed by atoms with E-state index in [0.29, 0.717) is 18.2 Å². The van der Waals surface area contributed by atoms with Gasteiger partial charge < -0.3 is 14.1 Å². The third-order valence-corrected chi connectivity index (χ3v) is 3.51. The highest BCUT2D eigenvalue weighted by molar-refractivity contribution is 5.84. The van der Waals surface area contributed by atoms with Crippen molar-refractivity contribution in [1.29, 1.82) is 0 Å². The van der Waals surface area contributed by atoms with E-state index in [0.717, 1.165) is 23.3 Å². The monoisotopic (exact) mass is 298 g/mol. The number of hydrogen-bond donors (Lipinski definition) is 1. The quantitative estimate of drug-likeness (QED) is 0.781. The summed E-state index contributed by atoms with van der Waals surface area (Å²) in [5, 5.41) is 8.96. The van der Waals surface area contributed by atoms with Crippen LogP contribution in [0.4, 0.5) is 0 Å². The zero-order chi connectivity index (χ0) is 15.7. The van der Waals surface area contributed by atoms with Gasteiger partial charge in [0.2, 0.25) is 5.76 Å². The van der Waals surface area contributed by atoms with Gasteiger partial charge in [0, 0.05) is 6.42 Å². The molecule has 3 rings (SSSR count). The number of fused-ring (bicyclic) bond motifs is 1. The Hall–Kier alpha value is -2.56. The number of nitrogens with zero attached hydrogens (tertiary/aromatic N) is 2. The number of furan rings is 1. The van der Waals surface area contributed by atoms with Crippen molar-refractivity contribution >= 4 is 17.0 Å². The molecule has 22 heavy (non-hydrogen) atoms. The van der Waals surface area contributed by atoms with Gasteiger partial charge in [-0.15, -0.1) is 0 Å². The molecule has 0 fully saturated rings. The van der Waals surface area contributed by atoms with E-state index in [1.54, 1.807) is 6.07 Å². The zero-order valence-electron chi connectivity index (χ0n) is 12.6. The van der Waals surface area contributed by atoms with Crippen molar-refractivity contribution in [3.63, 3.8) is 0 Å². The third kappa shape index (κ3) is 2.74. The lowest BCUT2D eigenvalue weighted by atomic mass is 10.1. The molecule has 0 radical (unpaired) electrons. The fraction of sp³-hybridized carbons (Fsp3) is 0.294. The SMILES string of the molecule is CC(C)Cc1nc2ccccc2n1Cc1ccc(C(=O)O)o1. The molecule has 0 saturated carbocycles. The predicted molar refractivity (Wildman–Crippen MR) is 83.0 cm³/mol. The molecule has 1 N–H and O–H groups in total. The molecule has 2 aromatic heterocycles. The van der Waals surface area contributed by atoms with E-state index in [1.165, 1.54) is 6.07 Å². The zero-order valence-corrected chi connectivity index (χ0v) is 12.6. The number of carboxylic acids is 1. The Labute approximate surface area is 128 Å². The van der Waals surface area contributed by atoms with Crippen LogP contribution in [0.5, 0.6) is 0 Å². The van der Waals surface area contributed by atoms with Crippen LogP contribution in [0, 0.1) is 5.92 Å². The van der Waals surface area contributed by atoms with Crippen molar-refractivity contribution < 1.29 is 14.3 Å². The fourth-order valence-electron chi connectivity index (χ4n) is 2.56. The van der Waals surface area contributed by atoms with Crippen molar-refractivity contribution in [2.45, 2.75) is 26.8 Å². The van der Waals surface area contributed by atoms with Crippen molar-refractivity contribution in [2.24, 2.45) is 5.92 Å². The Bertz CT molecular complexity index is 814. The molecule has 0 saturated heterocycles. The number of aromatic nitrogens is 2. The molecule has 0 atom stereocenters. The number of carbonyl (C=O) groups is 1. The van der Waals surface area contributed by atoms with Crippen LogP contribution >= 0.6 is 0 Å². The maximum atomic E-state index is 10.9. The van der Waals surface area contributed by atoms with Gasteiger partial charge in [-0.05, 0) is 30.2 Å². The molecule has 0 bridgehead atoms. The Kier molecular flexibility index (Phi) is 3.71. The Balaban J connectivity index is 2.01. The number of hydrogen-bond acceptors (Lipinski definition) is 3. The molecule has 2 heterocycles. The van der Waals surface area contributed by atoms with Crippen molar-refractivity contribution in [3.8, 4) is 0 Å². The standard InChI is InChI=1S/C17H18N2O3/c1-11(2)9-16-18-13-5-3-4-6-14(13)19(16)10-12-7-8-15(22-12)17(20)21/h3-8,11H,9-10H2,1-2H3,(H,20,21). The Morgan fingerprint density at radius 2 is 2.05 bits per heavy atom. The highest BCUT2D eigenvalue weighted by atomic mass is 16.4. The van der Waals surface area contributed by atoms with Crippen LogP contribution in [-0.2, 0) is 13.0 Å². The van der Waals surface area contributed by atoms with E-state index < -0.39 is 5.97 Å². The minimum atomic E-state index is -1.05. The molecule has 0 amide bonds. The minimum absolute atomic E-state index is 0.0372. The summed E-state index contributed by atoms with van der Waals surface area (Å²) in [6.45, 7) is 4.79. The van der Waals surface area contributed by atoms with Gasteiger partial charge in [-0.3, -0.25) is 0 Å². The third-order valence-electron chi connectivity index (χ3n) is 3.51. The largest absolute Gasteiger partial charge is 0.475 e. The molecule has 3 aromatic rings. The fourth-order valence-corrected chi connectivity index (χ4v) is 2.56. The molecule has 0 unspecified atom stereocenters. The highest BCUT2D eigenvalue weighted by Gasteiger charge is 2.15.